The topological polar surface area (TPSA) is 0 Å². The molecule has 0 aliphatic heterocycles. The third-order valence-electron chi connectivity index (χ3n) is 0. The molecular weight excluding hydrogens is 318 g/mol. The fourth-order valence-corrected chi connectivity index (χ4v) is 0. The van der Waals surface area contributed by atoms with Gasteiger partial charge >= 0.3 is 0 Å². The maximum Gasteiger partial charge on any atom is 0 e. The molecule has 0 aromatic heterocycles. The summed E-state index contributed by atoms with van der Waals surface area (Å²) in [6, 6.07) is 0. The Morgan fingerprint density at radius 1 is 1.00 bits per heavy atom. The van der Waals surface area contributed by atoms with Gasteiger partial charge in [-0.15, -0.1) is 0 Å². The summed E-state index contributed by atoms with van der Waals surface area (Å²) in [5, 5.41) is 0. The van der Waals surface area contributed by atoms with E-state index in [4.69, 9.17) is 0 Å². The Balaban J connectivity index is 0. The van der Waals surface area contributed by atoms with Crippen LogP contribution in [0.5, 0.6) is 0 Å². The van der Waals surface area contributed by atoms with Gasteiger partial charge in [-0.3, -0.25) is 0 Å². The second kappa shape index (κ2) is 17.2. The summed E-state index contributed by atoms with van der Waals surface area (Å²) in [6.45, 7) is 0. The molecule has 0 aromatic rings. The largest absolute Gasteiger partial charge is 0 e. The summed E-state index contributed by atoms with van der Waals surface area (Å²) in [6.07, 6.45) is 0. The summed E-state index contributed by atoms with van der Waals surface area (Å²) >= 11 is 0. The Kier molecular flexibility index (Phi) is 127. The minimum atomic E-state index is 0. The van der Waals surface area contributed by atoms with Gasteiger partial charge in [0.05, 0.1) is 0 Å². The average molecular weight is 318 g/mol. The summed E-state index contributed by atoms with van der Waals surface area (Å²) in [7, 11) is 0. The first-order valence-corrected chi connectivity index (χ1v) is 0. The van der Waals surface area contributed by atoms with Crippen LogP contribution in [0.1, 0.15) is 0 Å². The molecule has 0 aliphatic rings. The smallest absolute Gasteiger partial charge is 0 e. The van der Waals surface area contributed by atoms with Gasteiger partial charge in [0.2, 0.25) is 0 Å². The molecule has 0 bridgehead atoms. The average Bonchev–Trinajstić information content (AvgIpc) is 0. The van der Waals surface area contributed by atoms with Crippen LogP contribution in [0.2, 0.25) is 0 Å². The number of hydrogen-bond donors (Lipinski definition) is 0. The van der Waals surface area contributed by atoms with E-state index >= 15 is 0 Å². The molecule has 4 heteroatoms. The van der Waals surface area contributed by atoms with Gasteiger partial charge in [0.1, 0.15) is 0 Å². The van der Waals surface area contributed by atoms with Gasteiger partial charge < -0.3 is 0 Å². The Hall–Kier alpha value is 2.73. The van der Waals surface area contributed by atoms with Crippen molar-refractivity contribution in [2.75, 3.05) is 0 Å². The first-order chi connectivity index (χ1) is 0. The maximum atomic E-state index is 0. The molecule has 0 atom stereocenters. The van der Waals surface area contributed by atoms with Gasteiger partial charge in [-0.2, -0.15) is 0 Å². The van der Waals surface area contributed by atoms with E-state index in [1.165, 1.54) is 0 Å². The third kappa shape index (κ3) is 8.83. The number of rotatable bonds is 0. The second-order valence-corrected chi connectivity index (χ2v) is 0. The van der Waals surface area contributed by atoms with E-state index in [-0.39, 0.29) is 84.5 Å². The van der Waals surface area contributed by atoms with Crippen molar-refractivity contribution in [2.45, 2.75) is 0 Å². The van der Waals surface area contributed by atoms with Crippen molar-refractivity contribution in [1.82, 2.24) is 0 Å². The van der Waals surface area contributed by atoms with Crippen molar-refractivity contribution in [3.05, 3.63) is 0 Å². The Bertz CT molecular complexity index is 8.00. The minimum absolute atomic E-state index is 0. The van der Waals surface area contributed by atoms with Crippen LogP contribution in [0.4, 0.5) is 0 Å². The van der Waals surface area contributed by atoms with E-state index in [0.717, 1.165) is 0 Å². The molecule has 0 rings (SSSR count). The van der Waals surface area contributed by atoms with Gasteiger partial charge in [-0.1, -0.05) is 0 Å². The van der Waals surface area contributed by atoms with Crippen molar-refractivity contribution in [1.29, 1.82) is 0 Å². The summed E-state index contributed by atoms with van der Waals surface area (Å²) in [5.41, 5.74) is 0. The van der Waals surface area contributed by atoms with Crippen LogP contribution in [0, 0.1) is 0 Å². The summed E-state index contributed by atoms with van der Waals surface area (Å²) in [4.78, 5) is 0. The van der Waals surface area contributed by atoms with Crippen LogP contribution in [0.25, 0.3) is 0 Å². The molecular formula is CrFeSnZr. The van der Waals surface area contributed by atoms with Crippen LogP contribution in [0.3, 0.4) is 0 Å². The Labute approximate surface area is 83.2 Å². The van der Waals surface area contributed by atoms with Crippen LogP contribution in [-0.2, 0) is 60.6 Å². The van der Waals surface area contributed by atoms with Gasteiger partial charge in [-0.05, 0) is 0 Å². The maximum absolute atomic E-state index is 0. The molecule has 0 saturated carbocycles. The van der Waals surface area contributed by atoms with Crippen LogP contribution in [-0.4, -0.2) is 23.9 Å². The van der Waals surface area contributed by atoms with Crippen LogP contribution in [0.15, 0.2) is 0 Å². The predicted octanol–water partition coefficient (Wildman–Crippen LogP) is -0.388. The van der Waals surface area contributed by atoms with Gasteiger partial charge in [0, 0.05) is 84.5 Å². The molecule has 4 heavy (non-hydrogen) atoms. The molecule has 4 radical (unpaired) electrons. The van der Waals surface area contributed by atoms with E-state index in [9.17, 15) is 0 Å². The Morgan fingerprint density at radius 2 is 1.00 bits per heavy atom. The minimum Gasteiger partial charge on any atom is 0 e. The fourth-order valence-electron chi connectivity index (χ4n) is 0. The van der Waals surface area contributed by atoms with Crippen LogP contribution < -0.4 is 0 Å². The molecule has 0 aliphatic carbocycles. The van der Waals surface area contributed by atoms with Crippen molar-refractivity contribution in [3.8, 4) is 0 Å². The zero-order chi connectivity index (χ0) is 0. The zero-order valence-corrected chi connectivity index (χ0v) is 9.45. The van der Waals surface area contributed by atoms with E-state index in [1.807, 2.05) is 0 Å². The van der Waals surface area contributed by atoms with Crippen LogP contribution >= 0.6 is 0 Å². The van der Waals surface area contributed by atoms with E-state index in [0.29, 0.717) is 0 Å². The molecule has 0 aromatic carbocycles. The molecule has 0 nitrogen and oxygen atoms in total. The summed E-state index contributed by atoms with van der Waals surface area (Å²) in [5.74, 6) is 0. The summed E-state index contributed by atoms with van der Waals surface area (Å²) < 4.78 is 0. The SMILES string of the molecule is [Cr].[Fe].[Sn].[Zr]. The Morgan fingerprint density at radius 3 is 1.00 bits per heavy atom. The quantitative estimate of drug-likeness (QED) is 0.534. The standard InChI is InChI=1S/Cr.Fe.Sn.Zr. The molecule has 0 N–H and O–H groups in total. The molecule has 0 fully saturated rings. The molecule has 22 valence electrons. The van der Waals surface area contributed by atoms with Gasteiger partial charge in [0.25, 0.3) is 0 Å². The molecule has 0 saturated heterocycles. The van der Waals surface area contributed by atoms with Crippen molar-refractivity contribution in [3.63, 3.8) is 0 Å². The van der Waals surface area contributed by atoms with E-state index in [2.05, 4.69) is 0 Å². The van der Waals surface area contributed by atoms with Crippen molar-refractivity contribution in [2.24, 2.45) is 0 Å². The molecule has 0 spiro atoms. The zero-order valence-electron chi connectivity index (χ0n) is 1.76. The van der Waals surface area contributed by atoms with E-state index < -0.39 is 0 Å². The molecule has 0 heterocycles. The monoisotopic (exact) mass is 318 g/mol. The van der Waals surface area contributed by atoms with Crippen molar-refractivity contribution < 1.29 is 60.6 Å². The number of hydrogen-bond acceptors (Lipinski definition) is 0. The van der Waals surface area contributed by atoms with Gasteiger partial charge in [0.15, 0.2) is 0 Å². The molecule has 0 amide bonds. The van der Waals surface area contributed by atoms with Crippen molar-refractivity contribution >= 4 is 23.9 Å². The first kappa shape index (κ1) is 29.6. The predicted molar refractivity (Wildman–Crippen MR) is 5.75 cm³/mol. The normalized spacial score (nSPS) is 0. The third-order valence-corrected chi connectivity index (χ3v) is 0. The fraction of sp³-hybridized carbons (Fsp3) is 0. The second-order valence-electron chi connectivity index (χ2n) is 0. The first-order valence-electron chi connectivity index (χ1n) is 0. The molecule has 0 unspecified atom stereocenters. The van der Waals surface area contributed by atoms with E-state index in [1.54, 1.807) is 0 Å². The van der Waals surface area contributed by atoms with Gasteiger partial charge in [-0.25, -0.2) is 0 Å².